The zero-order valence-electron chi connectivity index (χ0n) is 30.9. The molecule has 4 aromatic carbocycles. The van der Waals surface area contributed by atoms with Gasteiger partial charge in [-0.15, -0.1) is 11.6 Å². The summed E-state index contributed by atoms with van der Waals surface area (Å²) in [5.74, 6) is 5.20. The fraction of sp³-hybridized carbons (Fsp3) is 0.442. The van der Waals surface area contributed by atoms with Gasteiger partial charge in [-0.1, -0.05) is 150 Å². The van der Waals surface area contributed by atoms with E-state index in [1.165, 1.54) is 40.6 Å². The van der Waals surface area contributed by atoms with Crippen LogP contribution in [-0.4, -0.2) is 18.8 Å². The van der Waals surface area contributed by atoms with Crippen molar-refractivity contribution in [3.8, 4) is 11.5 Å². The molecule has 0 heterocycles. The van der Waals surface area contributed by atoms with E-state index in [0.717, 1.165) is 43.3 Å². The first-order chi connectivity index (χ1) is 23.2. The molecule has 1 aliphatic rings. The third-order valence-corrected chi connectivity index (χ3v) is 7.49. The van der Waals surface area contributed by atoms with Crippen LogP contribution < -0.4 is 9.47 Å². The molecule has 0 saturated carbocycles. The summed E-state index contributed by atoms with van der Waals surface area (Å²) in [5.41, 5.74) is 6.77. The van der Waals surface area contributed by atoms with Crippen molar-refractivity contribution >= 4 is 27.5 Å². The summed E-state index contributed by atoms with van der Waals surface area (Å²) in [6, 6.07) is 36.9. The van der Waals surface area contributed by atoms with E-state index < -0.39 is 0 Å². The largest absolute Gasteiger partial charge is 0.494 e. The Kier molecular flexibility index (Phi) is 26.6. The highest BCUT2D eigenvalue weighted by Gasteiger charge is 2.32. The maximum absolute atomic E-state index is 6.17. The minimum absolute atomic E-state index is 0.310. The number of halogens is 2. The Hall–Kier alpha value is -2.75. The molecule has 0 bridgehead atoms. The van der Waals surface area contributed by atoms with E-state index in [1.807, 2.05) is 53.4 Å². The normalized spacial score (nSPS) is 13.9. The van der Waals surface area contributed by atoms with Gasteiger partial charge in [0.25, 0.3) is 0 Å². The number of hydrogen-bond donors (Lipinski definition) is 0. The second kappa shape index (κ2) is 28.3. The lowest BCUT2D eigenvalue weighted by atomic mass is 9.69. The molecule has 2 atom stereocenters. The standard InChI is InChI=1S/C35H38O2.3C2H6.CH3Br.CH3Cl/c1-26(2)10-9-23-36-31-18-15-29(16-19-31)35-33(28-13-7-4-8-14-28)21-17-30-24-32(20-22-34(30)35)37-25-27-11-5-3-6-12-27;5*1-2/h3-8,11-16,18-20,22,24,26,33,35H,9-10,17,21,23,25H2,1-2H3;3*1-2H3;2*1H3. The van der Waals surface area contributed by atoms with E-state index in [1.54, 1.807) is 0 Å². The highest BCUT2D eigenvalue weighted by molar-refractivity contribution is 9.08. The van der Waals surface area contributed by atoms with Crippen molar-refractivity contribution in [2.24, 2.45) is 5.92 Å². The van der Waals surface area contributed by atoms with Gasteiger partial charge in [0, 0.05) is 12.3 Å². The third kappa shape index (κ3) is 15.3. The molecular formula is C43H62BrClO2. The third-order valence-electron chi connectivity index (χ3n) is 7.49. The van der Waals surface area contributed by atoms with Crippen LogP contribution in [0.25, 0.3) is 0 Å². The van der Waals surface area contributed by atoms with Crippen molar-refractivity contribution in [3.05, 3.63) is 131 Å². The first kappa shape index (κ1) is 44.2. The molecule has 0 radical (unpaired) electrons. The maximum Gasteiger partial charge on any atom is 0.120 e. The molecule has 1 aliphatic carbocycles. The van der Waals surface area contributed by atoms with Gasteiger partial charge in [0.15, 0.2) is 0 Å². The molecule has 0 saturated heterocycles. The summed E-state index contributed by atoms with van der Waals surface area (Å²) in [6.07, 6.45) is 5.95. The number of ether oxygens (including phenoxy) is 2. The van der Waals surface area contributed by atoms with Crippen LogP contribution in [0.5, 0.6) is 11.5 Å². The van der Waals surface area contributed by atoms with E-state index in [2.05, 4.69) is 138 Å². The van der Waals surface area contributed by atoms with E-state index in [0.29, 0.717) is 18.4 Å². The molecule has 0 fully saturated rings. The summed E-state index contributed by atoms with van der Waals surface area (Å²) >= 11 is 7.58. The fourth-order valence-corrected chi connectivity index (χ4v) is 5.55. The van der Waals surface area contributed by atoms with E-state index in [-0.39, 0.29) is 0 Å². The van der Waals surface area contributed by atoms with Gasteiger partial charge in [-0.3, -0.25) is 0 Å². The minimum atomic E-state index is 0.310. The molecular weight excluding hydrogens is 664 g/mol. The molecule has 0 amide bonds. The van der Waals surface area contributed by atoms with Crippen LogP contribution in [0, 0.1) is 5.92 Å². The number of benzene rings is 4. The Bertz CT molecular complexity index is 1260. The number of alkyl halides is 2. The predicted octanol–water partition coefficient (Wildman–Crippen LogP) is 13.9. The fourth-order valence-electron chi connectivity index (χ4n) is 5.55. The molecule has 0 aliphatic heterocycles. The highest BCUT2D eigenvalue weighted by Crippen LogP contribution is 2.47. The Morgan fingerprint density at radius 1 is 0.681 bits per heavy atom. The second-order valence-electron chi connectivity index (χ2n) is 10.6. The van der Waals surface area contributed by atoms with Crippen LogP contribution in [0.1, 0.15) is 114 Å². The van der Waals surface area contributed by atoms with Crippen molar-refractivity contribution in [2.75, 3.05) is 18.8 Å². The molecule has 47 heavy (non-hydrogen) atoms. The molecule has 4 aromatic rings. The van der Waals surface area contributed by atoms with Gasteiger partial charge in [0.1, 0.15) is 18.1 Å². The molecule has 2 nitrogen and oxygen atoms in total. The van der Waals surface area contributed by atoms with Gasteiger partial charge >= 0.3 is 0 Å². The van der Waals surface area contributed by atoms with E-state index >= 15 is 0 Å². The lowest BCUT2D eigenvalue weighted by Crippen LogP contribution is -2.20. The topological polar surface area (TPSA) is 18.5 Å². The van der Waals surface area contributed by atoms with Crippen LogP contribution in [0.2, 0.25) is 0 Å². The zero-order chi connectivity index (χ0) is 35.5. The average molecular weight is 726 g/mol. The van der Waals surface area contributed by atoms with E-state index in [9.17, 15) is 0 Å². The summed E-state index contributed by atoms with van der Waals surface area (Å²) in [5, 5.41) is 0. The van der Waals surface area contributed by atoms with Crippen LogP contribution >= 0.6 is 27.5 Å². The first-order valence-electron chi connectivity index (χ1n) is 17.5. The van der Waals surface area contributed by atoms with Gasteiger partial charge in [0.05, 0.1) is 6.61 Å². The number of hydrogen-bond acceptors (Lipinski definition) is 2. The predicted molar refractivity (Wildman–Crippen MR) is 213 cm³/mol. The van der Waals surface area contributed by atoms with Gasteiger partial charge < -0.3 is 9.47 Å². The Morgan fingerprint density at radius 3 is 1.81 bits per heavy atom. The van der Waals surface area contributed by atoms with Crippen molar-refractivity contribution in [3.63, 3.8) is 0 Å². The quantitative estimate of drug-likeness (QED) is 0.120. The molecule has 5 rings (SSSR count). The lowest BCUT2D eigenvalue weighted by Gasteiger charge is -2.35. The van der Waals surface area contributed by atoms with Crippen molar-refractivity contribution in [1.29, 1.82) is 0 Å². The summed E-state index contributed by atoms with van der Waals surface area (Å²) in [7, 11) is 0. The van der Waals surface area contributed by atoms with Crippen LogP contribution in [0.3, 0.4) is 0 Å². The maximum atomic E-state index is 6.17. The number of fused-ring (bicyclic) bond motifs is 1. The van der Waals surface area contributed by atoms with Crippen molar-refractivity contribution in [1.82, 2.24) is 0 Å². The zero-order valence-corrected chi connectivity index (χ0v) is 33.2. The Balaban J connectivity index is 0.00000194. The summed E-state index contributed by atoms with van der Waals surface area (Å²) in [4.78, 5) is 0. The average Bonchev–Trinajstić information content (AvgIpc) is 3.17. The summed E-state index contributed by atoms with van der Waals surface area (Å²) in [6.45, 7) is 17.9. The molecule has 4 heteroatoms. The minimum Gasteiger partial charge on any atom is -0.494 e. The van der Waals surface area contributed by atoms with Gasteiger partial charge in [0.2, 0.25) is 0 Å². The smallest absolute Gasteiger partial charge is 0.120 e. The molecule has 0 N–H and O–H groups in total. The van der Waals surface area contributed by atoms with Gasteiger partial charge in [-0.25, -0.2) is 0 Å². The van der Waals surface area contributed by atoms with Crippen LogP contribution in [0.4, 0.5) is 0 Å². The number of aryl methyl sites for hydroxylation is 1. The molecule has 0 spiro atoms. The van der Waals surface area contributed by atoms with Crippen LogP contribution in [0.15, 0.2) is 103 Å². The first-order valence-corrected chi connectivity index (χ1v) is 19.8. The molecule has 0 aromatic heterocycles. The monoisotopic (exact) mass is 724 g/mol. The lowest BCUT2D eigenvalue weighted by molar-refractivity contribution is 0.297. The number of rotatable bonds is 10. The second-order valence-corrected chi connectivity index (χ2v) is 10.6. The van der Waals surface area contributed by atoms with Crippen molar-refractivity contribution < 1.29 is 9.47 Å². The van der Waals surface area contributed by atoms with Crippen LogP contribution in [-0.2, 0) is 13.0 Å². The van der Waals surface area contributed by atoms with Gasteiger partial charge in [-0.2, -0.15) is 0 Å². The van der Waals surface area contributed by atoms with Gasteiger partial charge in [-0.05, 0) is 95.4 Å². The Morgan fingerprint density at radius 2 is 1.23 bits per heavy atom. The SMILES string of the molecule is CBr.CC.CC.CC.CC(C)CCCOc1ccc(C2c3ccc(OCc4ccccc4)cc3CCC2c2ccccc2)cc1.CCl. The van der Waals surface area contributed by atoms with Crippen molar-refractivity contribution in [2.45, 2.75) is 99.5 Å². The molecule has 260 valence electrons. The highest BCUT2D eigenvalue weighted by atomic mass is 79.9. The van der Waals surface area contributed by atoms with E-state index in [4.69, 9.17) is 9.47 Å². The summed E-state index contributed by atoms with van der Waals surface area (Å²) < 4.78 is 12.2. The Labute approximate surface area is 302 Å². The molecule has 2 unspecified atom stereocenters.